The lowest BCUT2D eigenvalue weighted by molar-refractivity contribution is 0.231. The van der Waals surface area contributed by atoms with Gasteiger partial charge in [0, 0.05) is 32.2 Å². The molecule has 2 aliphatic rings. The van der Waals surface area contributed by atoms with E-state index >= 15 is 0 Å². The SMILES string of the molecule is CCNCc1cccc(Cl)c1N1CCN2CCCC2C1. The number of benzene rings is 1. The Morgan fingerprint density at radius 2 is 2.20 bits per heavy atom. The van der Waals surface area contributed by atoms with Crippen LogP contribution in [0.15, 0.2) is 18.2 Å². The molecule has 110 valence electrons. The third-order valence-corrected chi connectivity index (χ3v) is 4.84. The van der Waals surface area contributed by atoms with Crippen LogP contribution in [0.3, 0.4) is 0 Å². The molecule has 0 radical (unpaired) electrons. The quantitative estimate of drug-likeness (QED) is 0.921. The summed E-state index contributed by atoms with van der Waals surface area (Å²) >= 11 is 6.50. The molecule has 4 heteroatoms. The lowest BCUT2D eigenvalue weighted by atomic mass is 10.1. The van der Waals surface area contributed by atoms with Crippen LogP contribution in [0.2, 0.25) is 5.02 Å². The normalized spacial score (nSPS) is 23.1. The van der Waals surface area contributed by atoms with E-state index in [2.05, 4.69) is 34.2 Å². The van der Waals surface area contributed by atoms with Gasteiger partial charge in [-0.3, -0.25) is 4.90 Å². The van der Waals surface area contributed by atoms with Gasteiger partial charge >= 0.3 is 0 Å². The van der Waals surface area contributed by atoms with Crippen molar-refractivity contribution in [3.8, 4) is 0 Å². The van der Waals surface area contributed by atoms with Crippen LogP contribution < -0.4 is 10.2 Å². The van der Waals surface area contributed by atoms with Crippen molar-refractivity contribution in [1.82, 2.24) is 10.2 Å². The predicted octanol–water partition coefficient (Wildman–Crippen LogP) is 2.73. The number of para-hydroxylation sites is 1. The van der Waals surface area contributed by atoms with Crippen molar-refractivity contribution in [3.05, 3.63) is 28.8 Å². The topological polar surface area (TPSA) is 18.5 Å². The minimum absolute atomic E-state index is 0.729. The first-order valence-corrected chi connectivity index (χ1v) is 8.14. The van der Waals surface area contributed by atoms with E-state index in [1.807, 2.05) is 6.07 Å². The molecule has 1 unspecified atom stereocenters. The first-order chi connectivity index (χ1) is 9.79. The minimum Gasteiger partial charge on any atom is -0.367 e. The molecule has 2 fully saturated rings. The summed E-state index contributed by atoms with van der Waals surface area (Å²) in [6, 6.07) is 7.01. The summed E-state index contributed by atoms with van der Waals surface area (Å²) in [5.74, 6) is 0. The van der Waals surface area contributed by atoms with Crippen molar-refractivity contribution >= 4 is 17.3 Å². The molecule has 1 atom stereocenters. The Labute approximate surface area is 126 Å². The standard InChI is InChI=1S/C16H24ClN3/c1-2-18-11-13-5-3-7-15(17)16(13)20-10-9-19-8-4-6-14(19)12-20/h3,5,7,14,18H,2,4,6,8-12H2,1H3. The fourth-order valence-electron chi connectivity index (χ4n) is 3.51. The second-order valence-corrected chi connectivity index (χ2v) is 6.21. The maximum atomic E-state index is 6.50. The minimum atomic E-state index is 0.729. The van der Waals surface area contributed by atoms with Crippen molar-refractivity contribution < 1.29 is 0 Å². The molecule has 20 heavy (non-hydrogen) atoms. The van der Waals surface area contributed by atoms with Gasteiger partial charge in [-0.15, -0.1) is 0 Å². The summed E-state index contributed by atoms with van der Waals surface area (Å²) < 4.78 is 0. The molecule has 2 aliphatic heterocycles. The Kier molecular flexibility index (Phi) is 4.49. The van der Waals surface area contributed by atoms with Crippen LogP contribution in [0.1, 0.15) is 25.3 Å². The average molecular weight is 294 g/mol. The van der Waals surface area contributed by atoms with Crippen LogP contribution in [0.5, 0.6) is 0 Å². The van der Waals surface area contributed by atoms with Gasteiger partial charge in [0.2, 0.25) is 0 Å². The van der Waals surface area contributed by atoms with Crippen LogP contribution in [0.25, 0.3) is 0 Å². The van der Waals surface area contributed by atoms with E-state index < -0.39 is 0 Å². The highest BCUT2D eigenvalue weighted by atomic mass is 35.5. The van der Waals surface area contributed by atoms with E-state index in [9.17, 15) is 0 Å². The second kappa shape index (κ2) is 6.33. The van der Waals surface area contributed by atoms with Gasteiger partial charge < -0.3 is 10.2 Å². The predicted molar refractivity (Wildman–Crippen MR) is 85.6 cm³/mol. The van der Waals surface area contributed by atoms with E-state index in [-0.39, 0.29) is 0 Å². The van der Waals surface area contributed by atoms with Gasteiger partial charge in [-0.1, -0.05) is 30.7 Å². The smallest absolute Gasteiger partial charge is 0.0642 e. The van der Waals surface area contributed by atoms with Crippen molar-refractivity contribution in [2.24, 2.45) is 0 Å². The molecule has 0 aromatic heterocycles. The summed E-state index contributed by atoms with van der Waals surface area (Å²) in [4.78, 5) is 5.14. The molecule has 0 bridgehead atoms. The lowest BCUT2D eigenvalue weighted by Gasteiger charge is -2.40. The highest BCUT2D eigenvalue weighted by Crippen LogP contribution is 2.33. The monoisotopic (exact) mass is 293 g/mol. The Bertz CT molecular complexity index is 463. The fourth-order valence-corrected chi connectivity index (χ4v) is 3.82. The number of halogens is 1. The van der Waals surface area contributed by atoms with Crippen LogP contribution in [0, 0.1) is 0 Å². The average Bonchev–Trinajstić information content (AvgIpc) is 2.92. The number of nitrogens with zero attached hydrogens (tertiary/aromatic N) is 2. The fraction of sp³-hybridized carbons (Fsp3) is 0.625. The van der Waals surface area contributed by atoms with Gasteiger partial charge in [-0.05, 0) is 37.6 Å². The van der Waals surface area contributed by atoms with Crippen LogP contribution in [0.4, 0.5) is 5.69 Å². The van der Waals surface area contributed by atoms with E-state index in [1.54, 1.807) is 0 Å². The number of nitrogens with one attached hydrogen (secondary N) is 1. The van der Waals surface area contributed by atoms with E-state index in [0.29, 0.717) is 0 Å². The largest absolute Gasteiger partial charge is 0.367 e. The number of hydrogen-bond acceptors (Lipinski definition) is 3. The van der Waals surface area contributed by atoms with Gasteiger partial charge in [-0.2, -0.15) is 0 Å². The molecule has 2 heterocycles. The highest BCUT2D eigenvalue weighted by Gasteiger charge is 2.31. The van der Waals surface area contributed by atoms with Gasteiger partial charge in [-0.25, -0.2) is 0 Å². The molecule has 0 amide bonds. The summed E-state index contributed by atoms with van der Waals surface area (Å²) in [6.45, 7) is 8.71. The third kappa shape index (κ3) is 2.80. The van der Waals surface area contributed by atoms with Gasteiger partial charge in [0.05, 0.1) is 10.7 Å². The molecule has 1 N–H and O–H groups in total. The number of rotatable bonds is 4. The Morgan fingerprint density at radius 3 is 3.05 bits per heavy atom. The van der Waals surface area contributed by atoms with Crippen molar-refractivity contribution in [2.75, 3.05) is 37.6 Å². The molecule has 0 saturated carbocycles. The maximum Gasteiger partial charge on any atom is 0.0642 e. The Balaban J connectivity index is 1.81. The number of anilines is 1. The molecule has 2 saturated heterocycles. The summed E-state index contributed by atoms with van der Waals surface area (Å²) in [6.07, 6.45) is 2.69. The highest BCUT2D eigenvalue weighted by molar-refractivity contribution is 6.33. The van der Waals surface area contributed by atoms with Gasteiger partial charge in [0.1, 0.15) is 0 Å². The van der Waals surface area contributed by atoms with Crippen LogP contribution >= 0.6 is 11.6 Å². The molecule has 1 aromatic rings. The zero-order chi connectivity index (χ0) is 13.9. The molecule has 0 spiro atoms. The second-order valence-electron chi connectivity index (χ2n) is 5.81. The third-order valence-electron chi connectivity index (χ3n) is 4.54. The molecule has 1 aromatic carbocycles. The van der Waals surface area contributed by atoms with E-state index in [4.69, 9.17) is 11.6 Å². The van der Waals surface area contributed by atoms with Crippen LogP contribution in [-0.4, -0.2) is 43.7 Å². The van der Waals surface area contributed by atoms with E-state index in [1.165, 1.54) is 37.2 Å². The summed E-state index contributed by atoms with van der Waals surface area (Å²) in [5, 5.41) is 4.32. The molecule has 3 rings (SSSR count). The first-order valence-electron chi connectivity index (χ1n) is 7.76. The molecular formula is C16H24ClN3. The number of hydrogen-bond donors (Lipinski definition) is 1. The van der Waals surface area contributed by atoms with Crippen molar-refractivity contribution in [2.45, 2.75) is 32.4 Å². The summed E-state index contributed by atoms with van der Waals surface area (Å²) in [7, 11) is 0. The number of fused-ring (bicyclic) bond motifs is 1. The zero-order valence-corrected chi connectivity index (χ0v) is 13.0. The number of piperazine rings is 1. The molecular weight excluding hydrogens is 270 g/mol. The van der Waals surface area contributed by atoms with Crippen molar-refractivity contribution in [3.63, 3.8) is 0 Å². The zero-order valence-electron chi connectivity index (χ0n) is 12.2. The lowest BCUT2D eigenvalue weighted by Crippen LogP contribution is -2.50. The van der Waals surface area contributed by atoms with Gasteiger partial charge in [0.15, 0.2) is 0 Å². The first kappa shape index (κ1) is 14.2. The molecule has 3 nitrogen and oxygen atoms in total. The Morgan fingerprint density at radius 1 is 1.30 bits per heavy atom. The van der Waals surface area contributed by atoms with Crippen LogP contribution in [-0.2, 0) is 6.54 Å². The van der Waals surface area contributed by atoms with Crippen molar-refractivity contribution in [1.29, 1.82) is 0 Å². The van der Waals surface area contributed by atoms with E-state index in [0.717, 1.165) is 37.2 Å². The summed E-state index contributed by atoms with van der Waals surface area (Å²) in [5.41, 5.74) is 2.58. The maximum absolute atomic E-state index is 6.50. The van der Waals surface area contributed by atoms with Gasteiger partial charge in [0.25, 0.3) is 0 Å². The Hall–Kier alpha value is -0.770. The molecule has 0 aliphatic carbocycles.